The average molecular weight is 408 g/mol. The number of para-hydroxylation sites is 1. The molecule has 0 amide bonds. The fourth-order valence-corrected chi connectivity index (χ4v) is 2.61. The van der Waals surface area contributed by atoms with Crippen LogP contribution in [0.15, 0.2) is 47.6 Å². The molecular weight excluding hydrogens is 392 g/mol. The third-order valence-electron chi connectivity index (χ3n) is 3.98. The van der Waals surface area contributed by atoms with E-state index in [2.05, 4.69) is 36.1 Å². The first-order valence-corrected chi connectivity index (χ1v) is 8.75. The molecule has 0 bridgehead atoms. The zero-order chi connectivity index (χ0) is 20.9. The highest BCUT2D eigenvalue weighted by molar-refractivity contribution is 5.87. The Morgan fingerprint density at radius 1 is 1.07 bits per heavy atom. The maximum Gasteiger partial charge on any atom is 0.282 e. The predicted octanol–water partition coefficient (Wildman–Crippen LogP) is 2.74. The topological polar surface area (TPSA) is 149 Å². The molecule has 0 unspecified atom stereocenters. The second kappa shape index (κ2) is 8.26. The molecule has 12 nitrogen and oxygen atoms in total. The van der Waals surface area contributed by atoms with Gasteiger partial charge in [0.2, 0.25) is 24.6 Å². The van der Waals surface area contributed by atoms with E-state index in [4.69, 9.17) is 9.47 Å². The van der Waals surface area contributed by atoms with E-state index in [-0.39, 0.29) is 24.0 Å². The smallest absolute Gasteiger partial charge is 0.282 e. The highest BCUT2D eigenvalue weighted by Crippen LogP contribution is 2.37. The number of fused-ring (bicyclic) bond motifs is 1. The van der Waals surface area contributed by atoms with Crippen molar-refractivity contribution in [3.63, 3.8) is 0 Å². The van der Waals surface area contributed by atoms with Crippen molar-refractivity contribution in [1.29, 1.82) is 0 Å². The van der Waals surface area contributed by atoms with Crippen molar-refractivity contribution in [2.45, 2.75) is 0 Å². The van der Waals surface area contributed by atoms with Gasteiger partial charge in [0.05, 0.1) is 22.8 Å². The first-order chi connectivity index (χ1) is 14.6. The molecule has 4 rings (SSSR count). The first-order valence-electron chi connectivity index (χ1n) is 8.75. The lowest BCUT2D eigenvalue weighted by atomic mass is 10.1. The third kappa shape index (κ3) is 4.16. The molecule has 0 aliphatic carbocycles. The van der Waals surface area contributed by atoms with Crippen molar-refractivity contribution >= 4 is 35.4 Å². The normalized spacial score (nSPS) is 12.0. The quantitative estimate of drug-likeness (QED) is 0.302. The molecule has 152 valence electrons. The second-order valence-electron chi connectivity index (χ2n) is 5.94. The van der Waals surface area contributed by atoms with Gasteiger partial charge in [-0.15, -0.1) is 0 Å². The summed E-state index contributed by atoms with van der Waals surface area (Å²) in [6.07, 6.45) is 1.28. The van der Waals surface area contributed by atoms with Gasteiger partial charge in [-0.2, -0.15) is 20.1 Å². The molecule has 2 aromatic carbocycles. The largest absolute Gasteiger partial charge is 0.454 e. The molecule has 1 aliphatic heterocycles. The second-order valence-corrected chi connectivity index (χ2v) is 5.94. The number of nitrogens with one attached hydrogen (secondary N) is 3. The summed E-state index contributed by atoms with van der Waals surface area (Å²) in [5.41, 5.74) is 3.54. The van der Waals surface area contributed by atoms with Crippen LogP contribution in [0.1, 0.15) is 5.56 Å². The number of anilines is 4. The number of hydrazone groups is 1. The fourth-order valence-electron chi connectivity index (χ4n) is 2.61. The molecule has 2 heterocycles. The highest BCUT2D eigenvalue weighted by atomic mass is 16.7. The summed E-state index contributed by atoms with van der Waals surface area (Å²) in [5.74, 6) is 1.49. The van der Waals surface area contributed by atoms with Crippen LogP contribution in [0.5, 0.6) is 11.5 Å². The van der Waals surface area contributed by atoms with E-state index in [1.807, 2.05) is 30.3 Å². The molecule has 1 aromatic heterocycles. The molecular formula is C18H16N8O4. The Morgan fingerprint density at radius 2 is 1.77 bits per heavy atom. The lowest BCUT2D eigenvalue weighted by molar-refractivity contribution is -0.385. The molecule has 1 aliphatic rings. The fraction of sp³-hybridized carbons (Fsp3) is 0.111. The first kappa shape index (κ1) is 18.9. The van der Waals surface area contributed by atoms with Gasteiger partial charge in [0.25, 0.3) is 5.69 Å². The molecule has 3 N–H and O–H groups in total. The monoisotopic (exact) mass is 408 g/mol. The van der Waals surface area contributed by atoms with Crippen LogP contribution in [0.3, 0.4) is 0 Å². The summed E-state index contributed by atoms with van der Waals surface area (Å²) in [7, 11) is 1.67. The lowest BCUT2D eigenvalue weighted by Gasteiger charge is -2.08. The van der Waals surface area contributed by atoms with E-state index in [1.54, 1.807) is 7.05 Å². The van der Waals surface area contributed by atoms with Crippen LogP contribution >= 0.6 is 0 Å². The summed E-state index contributed by atoms with van der Waals surface area (Å²) in [6.45, 7) is 0.0141. The van der Waals surface area contributed by atoms with Gasteiger partial charge in [-0.1, -0.05) is 18.2 Å². The average Bonchev–Trinajstić information content (AvgIpc) is 3.21. The minimum Gasteiger partial charge on any atom is -0.454 e. The van der Waals surface area contributed by atoms with Crippen LogP contribution in [0.25, 0.3) is 0 Å². The van der Waals surface area contributed by atoms with E-state index in [0.29, 0.717) is 23.4 Å². The van der Waals surface area contributed by atoms with Gasteiger partial charge in [0, 0.05) is 12.7 Å². The summed E-state index contributed by atoms with van der Waals surface area (Å²) >= 11 is 0. The molecule has 0 saturated heterocycles. The molecule has 0 radical (unpaired) electrons. The Balaban J connectivity index is 1.55. The number of nitro groups is 1. The maximum atomic E-state index is 11.3. The lowest BCUT2D eigenvalue weighted by Crippen LogP contribution is -2.07. The Kier molecular flexibility index (Phi) is 5.19. The number of ether oxygens (including phenoxy) is 2. The van der Waals surface area contributed by atoms with Gasteiger partial charge in [-0.3, -0.25) is 10.1 Å². The number of nitrogens with zero attached hydrogens (tertiary/aromatic N) is 5. The maximum absolute atomic E-state index is 11.3. The van der Waals surface area contributed by atoms with Crippen LogP contribution in [0.4, 0.5) is 29.2 Å². The number of nitro benzene ring substituents is 1. The number of benzene rings is 2. The number of rotatable bonds is 7. The van der Waals surface area contributed by atoms with Crippen molar-refractivity contribution in [2.24, 2.45) is 5.10 Å². The van der Waals surface area contributed by atoms with Crippen LogP contribution < -0.4 is 25.5 Å². The van der Waals surface area contributed by atoms with Crippen molar-refractivity contribution in [2.75, 3.05) is 29.9 Å². The van der Waals surface area contributed by atoms with Gasteiger partial charge in [-0.25, -0.2) is 5.43 Å². The molecule has 0 fully saturated rings. The Labute approximate surface area is 170 Å². The van der Waals surface area contributed by atoms with Gasteiger partial charge in [-0.05, 0) is 18.2 Å². The van der Waals surface area contributed by atoms with Gasteiger partial charge >= 0.3 is 0 Å². The number of hydrogen-bond acceptors (Lipinski definition) is 11. The number of hydrogen-bond donors (Lipinski definition) is 3. The minimum absolute atomic E-state index is 0.0141. The van der Waals surface area contributed by atoms with Crippen molar-refractivity contribution in [1.82, 2.24) is 15.0 Å². The summed E-state index contributed by atoms with van der Waals surface area (Å²) in [5, 5.41) is 21.3. The molecule has 12 heteroatoms. The summed E-state index contributed by atoms with van der Waals surface area (Å²) in [4.78, 5) is 23.5. The van der Waals surface area contributed by atoms with E-state index < -0.39 is 4.92 Å². The third-order valence-corrected chi connectivity index (χ3v) is 3.98. The molecule has 0 spiro atoms. The Bertz CT molecular complexity index is 1110. The van der Waals surface area contributed by atoms with Crippen LogP contribution in [0.2, 0.25) is 0 Å². The summed E-state index contributed by atoms with van der Waals surface area (Å²) in [6, 6.07) is 12.2. The molecule has 30 heavy (non-hydrogen) atoms. The Hall–Kier alpha value is -4.48. The van der Waals surface area contributed by atoms with Crippen LogP contribution in [-0.4, -0.2) is 39.9 Å². The highest BCUT2D eigenvalue weighted by Gasteiger charge is 2.22. The van der Waals surface area contributed by atoms with Crippen molar-refractivity contribution in [3.05, 3.63) is 58.1 Å². The zero-order valence-electron chi connectivity index (χ0n) is 15.7. The van der Waals surface area contributed by atoms with E-state index in [1.165, 1.54) is 18.3 Å². The van der Waals surface area contributed by atoms with Crippen molar-refractivity contribution in [3.8, 4) is 11.5 Å². The van der Waals surface area contributed by atoms with E-state index in [9.17, 15) is 10.1 Å². The van der Waals surface area contributed by atoms with Crippen LogP contribution in [-0.2, 0) is 0 Å². The molecule has 0 atom stereocenters. The Morgan fingerprint density at radius 3 is 2.50 bits per heavy atom. The zero-order valence-corrected chi connectivity index (χ0v) is 15.7. The van der Waals surface area contributed by atoms with Crippen LogP contribution in [0, 0.1) is 10.1 Å². The van der Waals surface area contributed by atoms with E-state index >= 15 is 0 Å². The predicted molar refractivity (Wildman–Crippen MR) is 110 cm³/mol. The summed E-state index contributed by atoms with van der Waals surface area (Å²) < 4.78 is 10.4. The standard InChI is InChI=1S/C18H16N8O4/c1-19-16-22-17(21-12-5-3-2-4-6-12)24-18(23-16)25-20-9-11-7-14-15(30-10-29-14)8-13(11)26(27)28/h2-9H,10H2,1H3,(H3,19,21,22,23,24,25)/b20-9-. The number of aromatic nitrogens is 3. The minimum atomic E-state index is -0.521. The van der Waals surface area contributed by atoms with Gasteiger partial charge in [0.1, 0.15) is 0 Å². The molecule has 0 saturated carbocycles. The van der Waals surface area contributed by atoms with Gasteiger partial charge in [0.15, 0.2) is 11.5 Å². The van der Waals surface area contributed by atoms with Gasteiger partial charge < -0.3 is 20.1 Å². The SMILES string of the molecule is CNc1nc(N/N=C\c2cc3c(cc2[N+](=O)[O-])OCO3)nc(Nc2ccccc2)n1. The van der Waals surface area contributed by atoms with Crippen molar-refractivity contribution < 1.29 is 14.4 Å². The molecule has 3 aromatic rings. The van der Waals surface area contributed by atoms with E-state index in [0.717, 1.165) is 5.69 Å².